The van der Waals surface area contributed by atoms with E-state index in [0.717, 1.165) is 11.4 Å². The van der Waals surface area contributed by atoms with Crippen molar-refractivity contribution >= 4 is 21.4 Å². The van der Waals surface area contributed by atoms with Crippen molar-refractivity contribution in [3.63, 3.8) is 0 Å². The van der Waals surface area contributed by atoms with Crippen molar-refractivity contribution in [3.8, 4) is 0 Å². The summed E-state index contributed by atoms with van der Waals surface area (Å²) < 4.78 is 26.6. The molecular weight excluding hydrogens is 280 g/mol. The van der Waals surface area contributed by atoms with Crippen LogP contribution in [0.5, 0.6) is 0 Å². The van der Waals surface area contributed by atoms with Gasteiger partial charge < -0.3 is 5.32 Å². The van der Waals surface area contributed by atoms with E-state index < -0.39 is 10.0 Å². The van der Waals surface area contributed by atoms with Crippen LogP contribution in [0, 0.1) is 0 Å². The van der Waals surface area contributed by atoms with Crippen molar-refractivity contribution in [2.24, 2.45) is 0 Å². The predicted molar refractivity (Wildman–Crippen MR) is 78.8 cm³/mol. The average molecular weight is 300 g/mol. The zero-order chi connectivity index (χ0) is 13.9. The highest BCUT2D eigenvalue weighted by molar-refractivity contribution is 7.91. The molecule has 0 atom stereocenters. The lowest BCUT2D eigenvalue weighted by molar-refractivity contribution is 0.461. The van der Waals surface area contributed by atoms with Crippen LogP contribution in [-0.4, -0.2) is 31.9 Å². The SMILES string of the molecule is C=CCN(CC)S(=O)(=O)c1ccc(CNC2CC2)s1. The number of thiophene rings is 1. The summed E-state index contributed by atoms with van der Waals surface area (Å²) in [4.78, 5) is 1.07. The summed E-state index contributed by atoms with van der Waals surface area (Å²) in [6.45, 7) is 7.02. The summed E-state index contributed by atoms with van der Waals surface area (Å²) in [7, 11) is -3.36. The second kappa shape index (κ2) is 6.17. The molecule has 0 aromatic carbocycles. The van der Waals surface area contributed by atoms with E-state index in [4.69, 9.17) is 0 Å². The maximum absolute atomic E-state index is 12.4. The highest BCUT2D eigenvalue weighted by Gasteiger charge is 2.24. The maximum atomic E-state index is 12.4. The molecule has 1 saturated carbocycles. The first kappa shape index (κ1) is 14.7. The molecule has 19 heavy (non-hydrogen) atoms. The monoisotopic (exact) mass is 300 g/mol. The fourth-order valence-electron chi connectivity index (χ4n) is 1.79. The Morgan fingerprint density at radius 2 is 2.26 bits per heavy atom. The van der Waals surface area contributed by atoms with Crippen molar-refractivity contribution in [1.29, 1.82) is 0 Å². The normalized spacial score (nSPS) is 15.9. The van der Waals surface area contributed by atoms with Crippen LogP contribution in [0.25, 0.3) is 0 Å². The minimum atomic E-state index is -3.36. The number of rotatable bonds is 8. The summed E-state index contributed by atoms with van der Waals surface area (Å²) in [6, 6.07) is 4.24. The summed E-state index contributed by atoms with van der Waals surface area (Å²) >= 11 is 1.35. The van der Waals surface area contributed by atoms with Gasteiger partial charge in [-0.1, -0.05) is 13.0 Å². The van der Waals surface area contributed by atoms with Gasteiger partial charge in [-0.15, -0.1) is 17.9 Å². The number of nitrogens with zero attached hydrogens (tertiary/aromatic N) is 1. The first-order valence-corrected chi connectivity index (χ1v) is 8.76. The first-order chi connectivity index (χ1) is 9.07. The molecule has 0 unspecified atom stereocenters. The van der Waals surface area contributed by atoms with Crippen LogP contribution in [0.2, 0.25) is 0 Å². The summed E-state index contributed by atoms with van der Waals surface area (Å²) in [5.74, 6) is 0. The van der Waals surface area contributed by atoms with Crippen LogP contribution in [0.15, 0.2) is 29.0 Å². The lowest BCUT2D eigenvalue weighted by atomic mass is 10.4. The molecular formula is C13H20N2O2S2. The largest absolute Gasteiger partial charge is 0.309 e. The minimum absolute atomic E-state index is 0.354. The number of hydrogen-bond donors (Lipinski definition) is 1. The Hall–Kier alpha value is -0.690. The number of likely N-dealkylation sites (N-methyl/N-ethyl adjacent to an activating group) is 1. The fraction of sp³-hybridized carbons (Fsp3) is 0.538. The third kappa shape index (κ3) is 3.66. The molecule has 0 spiro atoms. The molecule has 2 rings (SSSR count). The van der Waals surface area contributed by atoms with Gasteiger partial charge in [0.25, 0.3) is 10.0 Å². The Bertz CT molecular complexity index is 533. The van der Waals surface area contributed by atoms with Gasteiger partial charge >= 0.3 is 0 Å². The third-order valence-electron chi connectivity index (χ3n) is 3.06. The Kier molecular flexibility index (Phi) is 4.78. The highest BCUT2D eigenvalue weighted by Crippen LogP contribution is 2.26. The summed E-state index contributed by atoms with van der Waals surface area (Å²) in [5, 5.41) is 3.39. The van der Waals surface area contributed by atoms with Gasteiger partial charge in [-0.25, -0.2) is 8.42 Å². The van der Waals surface area contributed by atoms with Crippen LogP contribution in [-0.2, 0) is 16.6 Å². The molecule has 1 aromatic heterocycles. The van der Waals surface area contributed by atoms with E-state index in [1.807, 2.05) is 13.0 Å². The van der Waals surface area contributed by atoms with E-state index in [2.05, 4.69) is 11.9 Å². The van der Waals surface area contributed by atoms with Gasteiger partial charge in [0.05, 0.1) is 0 Å². The van der Waals surface area contributed by atoms with E-state index in [-0.39, 0.29) is 0 Å². The fourth-order valence-corrected chi connectivity index (χ4v) is 4.67. The van der Waals surface area contributed by atoms with Gasteiger partial charge in [-0.3, -0.25) is 0 Å². The van der Waals surface area contributed by atoms with Crippen molar-refractivity contribution in [2.45, 2.75) is 36.6 Å². The Balaban J connectivity index is 2.08. The summed E-state index contributed by atoms with van der Waals surface area (Å²) in [5.41, 5.74) is 0. The molecule has 106 valence electrons. The van der Waals surface area contributed by atoms with E-state index >= 15 is 0 Å². The smallest absolute Gasteiger partial charge is 0.252 e. The molecule has 0 saturated heterocycles. The molecule has 4 nitrogen and oxygen atoms in total. The van der Waals surface area contributed by atoms with Gasteiger partial charge in [-0.2, -0.15) is 4.31 Å². The molecule has 1 aliphatic rings. The second-order valence-corrected chi connectivity index (χ2v) is 7.95. The Morgan fingerprint density at radius 1 is 1.53 bits per heavy atom. The van der Waals surface area contributed by atoms with Gasteiger partial charge in [0, 0.05) is 30.6 Å². The molecule has 0 radical (unpaired) electrons. The van der Waals surface area contributed by atoms with E-state index in [1.54, 1.807) is 12.1 Å². The quantitative estimate of drug-likeness (QED) is 0.749. The molecule has 0 aliphatic heterocycles. The Labute approximate surface area is 119 Å². The third-order valence-corrected chi connectivity index (χ3v) is 6.55. The predicted octanol–water partition coefficient (Wildman–Crippen LogP) is 2.20. The molecule has 1 aromatic rings. The van der Waals surface area contributed by atoms with Crippen molar-refractivity contribution in [3.05, 3.63) is 29.7 Å². The van der Waals surface area contributed by atoms with Crippen LogP contribution >= 0.6 is 11.3 Å². The molecule has 1 aliphatic carbocycles. The van der Waals surface area contributed by atoms with Crippen molar-refractivity contribution in [1.82, 2.24) is 9.62 Å². The highest BCUT2D eigenvalue weighted by atomic mass is 32.2. The van der Waals surface area contributed by atoms with Crippen molar-refractivity contribution < 1.29 is 8.42 Å². The molecule has 0 amide bonds. The lowest BCUT2D eigenvalue weighted by Gasteiger charge is -2.17. The first-order valence-electron chi connectivity index (χ1n) is 6.51. The summed E-state index contributed by atoms with van der Waals surface area (Å²) in [6.07, 6.45) is 4.09. The van der Waals surface area contributed by atoms with Gasteiger partial charge in [-0.05, 0) is 25.0 Å². The zero-order valence-corrected chi connectivity index (χ0v) is 12.8. The van der Waals surface area contributed by atoms with Crippen LogP contribution < -0.4 is 5.32 Å². The number of nitrogens with one attached hydrogen (secondary N) is 1. The average Bonchev–Trinajstić information content (AvgIpc) is 3.09. The molecule has 0 bridgehead atoms. The molecule has 1 N–H and O–H groups in total. The van der Waals surface area contributed by atoms with E-state index in [1.165, 1.54) is 28.5 Å². The zero-order valence-electron chi connectivity index (χ0n) is 11.1. The van der Waals surface area contributed by atoms with Crippen molar-refractivity contribution in [2.75, 3.05) is 13.1 Å². The van der Waals surface area contributed by atoms with Crippen LogP contribution in [0.4, 0.5) is 0 Å². The van der Waals surface area contributed by atoms with Crippen LogP contribution in [0.3, 0.4) is 0 Å². The minimum Gasteiger partial charge on any atom is -0.309 e. The maximum Gasteiger partial charge on any atom is 0.252 e. The van der Waals surface area contributed by atoms with E-state index in [0.29, 0.717) is 23.3 Å². The van der Waals surface area contributed by atoms with Gasteiger partial charge in [0.1, 0.15) is 4.21 Å². The van der Waals surface area contributed by atoms with Crippen LogP contribution in [0.1, 0.15) is 24.6 Å². The Morgan fingerprint density at radius 3 is 2.84 bits per heavy atom. The lowest BCUT2D eigenvalue weighted by Crippen LogP contribution is -2.30. The molecule has 1 heterocycles. The molecule has 6 heteroatoms. The standard InChI is InChI=1S/C13H20N2O2S2/c1-3-9-15(4-2)19(16,17)13-8-7-12(18-13)10-14-11-5-6-11/h3,7-8,11,14H,1,4-6,9-10H2,2H3. The second-order valence-electron chi connectivity index (χ2n) is 4.62. The topological polar surface area (TPSA) is 49.4 Å². The van der Waals surface area contributed by atoms with Gasteiger partial charge in [0.2, 0.25) is 0 Å². The molecule has 1 fully saturated rings. The van der Waals surface area contributed by atoms with Gasteiger partial charge in [0.15, 0.2) is 0 Å². The number of sulfonamides is 1. The van der Waals surface area contributed by atoms with E-state index in [9.17, 15) is 8.42 Å². The number of hydrogen-bond acceptors (Lipinski definition) is 4.